The number of anilines is 1. The quantitative estimate of drug-likeness (QED) is 0.616. The van der Waals surface area contributed by atoms with Gasteiger partial charge in [-0.15, -0.1) is 0 Å². The van der Waals surface area contributed by atoms with Gasteiger partial charge < -0.3 is 25.4 Å². The van der Waals surface area contributed by atoms with Crippen LogP contribution in [0.5, 0.6) is 5.75 Å². The molecule has 1 aliphatic rings. The predicted molar refractivity (Wildman–Crippen MR) is 98.6 cm³/mol. The van der Waals surface area contributed by atoms with Crippen molar-refractivity contribution in [2.45, 2.75) is 12.5 Å². The zero-order chi connectivity index (χ0) is 19.1. The van der Waals surface area contributed by atoms with Crippen molar-refractivity contribution in [3.63, 3.8) is 0 Å². The van der Waals surface area contributed by atoms with Crippen LogP contribution in [0.2, 0.25) is 0 Å². The average Bonchev–Trinajstić information content (AvgIpc) is 3.09. The molecule has 4 rings (SSSR count). The van der Waals surface area contributed by atoms with Gasteiger partial charge >= 0.3 is 5.97 Å². The van der Waals surface area contributed by atoms with Crippen LogP contribution in [0.15, 0.2) is 41.5 Å². The van der Waals surface area contributed by atoms with Crippen molar-refractivity contribution in [3.05, 3.63) is 52.4 Å². The number of carboxylic acids is 1. The van der Waals surface area contributed by atoms with E-state index in [-0.39, 0.29) is 22.7 Å². The summed E-state index contributed by atoms with van der Waals surface area (Å²) in [5.74, 6) is -0.821. The molecule has 27 heavy (non-hydrogen) atoms. The molecule has 4 N–H and O–H groups in total. The first-order valence-corrected chi connectivity index (χ1v) is 8.39. The van der Waals surface area contributed by atoms with Crippen LogP contribution in [0.3, 0.4) is 0 Å². The smallest absolute Gasteiger partial charge is 0.341 e. The standard InChI is InChI=1S/C18H17N5O4/c19-10-5-6-22(8-10)18-20-7-13-15(25)14(17(26)27)9-23(16(13)21-18)11-1-3-12(24)4-2-11/h1-4,7,9-10,24H,5-6,8,19H2,(H,26,27). The molecule has 0 spiro atoms. The Labute approximate surface area is 153 Å². The molecule has 9 heteroatoms. The van der Waals surface area contributed by atoms with Gasteiger partial charge in [0.25, 0.3) is 0 Å². The fourth-order valence-corrected chi connectivity index (χ4v) is 3.19. The van der Waals surface area contributed by atoms with Crippen molar-refractivity contribution in [2.24, 2.45) is 5.73 Å². The number of aromatic nitrogens is 3. The van der Waals surface area contributed by atoms with Gasteiger partial charge in [0.1, 0.15) is 11.3 Å². The van der Waals surface area contributed by atoms with E-state index in [2.05, 4.69) is 9.97 Å². The van der Waals surface area contributed by atoms with Gasteiger partial charge in [-0.3, -0.25) is 4.79 Å². The molecule has 138 valence electrons. The van der Waals surface area contributed by atoms with E-state index in [1.807, 2.05) is 4.90 Å². The fourth-order valence-electron chi connectivity index (χ4n) is 3.19. The lowest BCUT2D eigenvalue weighted by molar-refractivity contribution is 0.0695. The molecule has 0 bridgehead atoms. The number of nitrogens with zero attached hydrogens (tertiary/aromatic N) is 4. The summed E-state index contributed by atoms with van der Waals surface area (Å²) in [6, 6.07) is 6.21. The normalized spacial score (nSPS) is 16.8. The highest BCUT2D eigenvalue weighted by Crippen LogP contribution is 2.21. The summed E-state index contributed by atoms with van der Waals surface area (Å²) < 4.78 is 1.51. The Kier molecular flexibility index (Phi) is 4.00. The summed E-state index contributed by atoms with van der Waals surface area (Å²) in [6.45, 7) is 1.32. The lowest BCUT2D eigenvalue weighted by atomic mass is 10.2. The molecule has 0 amide bonds. The minimum absolute atomic E-state index is 0.0398. The Morgan fingerprint density at radius 1 is 1.26 bits per heavy atom. The summed E-state index contributed by atoms with van der Waals surface area (Å²) in [5, 5.41) is 19.0. The molecule has 1 unspecified atom stereocenters. The number of hydrogen-bond donors (Lipinski definition) is 3. The number of aromatic carboxylic acids is 1. The molecule has 1 saturated heterocycles. The van der Waals surface area contributed by atoms with Crippen LogP contribution in [0.1, 0.15) is 16.8 Å². The second kappa shape index (κ2) is 6.36. The molecule has 0 saturated carbocycles. The number of carboxylic acid groups (broad SMARTS) is 1. The minimum atomic E-state index is -1.33. The van der Waals surface area contributed by atoms with Crippen molar-refractivity contribution in [2.75, 3.05) is 18.0 Å². The first-order chi connectivity index (χ1) is 12.9. The second-order valence-electron chi connectivity index (χ2n) is 6.47. The second-order valence-corrected chi connectivity index (χ2v) is 6.47. The number of hydrogen-bond acceptors (Lipinski definition) is 7. The maximum absolute atomic E-state index is 12.5. The molecule has 1 fully saturated rings. The lowest BCUT2D eigenvalue weighted by Gasteiger charge is -2.17. The van der Waals surface area contributed by atoms with Gasteiger partial charge in [0.15, 0.2) is 5.65 Å². The van der Waals surface area contributed by atoms with Gasteiger partial charge in [-0.05, 0) is 30.7 Å². The molecular weight excluding hydrogens is 350 g/mol. The number of phenolic OH excluding ortho intramolecular Hbond substituents is 1. The zero-order valence-electron chi connectivity index (χ0n) is 14.2. The van der Waals surface area contributed by atoms with E-state index in [0.29, 0.717) is 30.4 Å². The lowest BCUT2D eigenvalue weighted by Crippen LogP contribution is -2.28. The molecular formula is C18H17N5O4. The highest BCUT2D eigenvalue weighted by atomic mass is 16.4. The minimum Gasteiger partial charge on any atom is -0.508 e. The molecule has 3 aromatic rings. The number of benzene rings is 1. The van der Waals surface area contributed by atoms with Crippen LogP contribution >= 0.6 is 0 Å². The van der Waals surface area contributed by atoms with Gasteiger partial charge in [0.05, 0.1) is 5.39 Å². The molecule has 9 nitrogen and oxygen atoms in total. The maximum atomic E-state index is 12.5. The van der Waals surface area contributed by atoms with Crippen molar-refractivity contribution in [1.82, 2.24) is 14.5 Å². The van der Waals surface area contributed by atoms with Crippen molar-refractivity contribution >= 4 is 23.0 Å². The predicted octanol–water partition coefficient (Wildman–Crippen LogP) is 0.722. The summed E-state index contributed by atoms with van der Waals surface area (Å²) in [7, 11) is 0. The molecule has 0 radical (unpaired) electrons. The summed E-state index contributed by atoms with van der Waals surface area (Å²) >= 11 is 0. The van der Waals surface area contributed by atoms with Crippen LogP contribution in [-0.2, 0) is 0 Å². The first kappa shape index (κ1) is 17.0. The molecule has 1 atom stereocenters. The van der Waals surface area contributed by atoms with E-state index in [4.69, 9.17) is 5.73 Å². The molecule has 1 aromatic carbocycles. The summed E-state index contributed by atoms with van der Waals surface area (Å²) in [5.41, 5.74) is 5.78. The summed E-state index contributed by atoms with van der Waals surface area (Å²) in [4.78, 5) is 34.7. The van der Waals surface area contributed by atoms with Gasteiger partial charge in [0.2, 0.25) is 11.4 Å². The monoisotopic (exact) mass is 367 g/mol. The van der Waals surface area contributed by atoms with Crippen molar-refractivity contribution in [1.29, 1.82) is 0 Å². The Hall–Kier alpha value is -3.46. The topological polar surface area (TPSA) is 135 Å². The number of phenols is 1. The van der Waals surface area contributed by atoms with Gasteiger partial charge in [-0.1, -0.05) is 0 Å². The maximum Gasteiger partial charge on any atom is 0.341 e. The SMILES string of the molecule is NC1CCN(c2ncc3c(=O)c(C(=O)O)cn(-c4ccc(O)cc4)c3n2)C1. The average molecular weight is 367 g/mol. The van der Waals surface area contributed by atoms with Crippen LogP contribution < -0.4 is 16.1 Å². The Morgan fingerprint density at radius 3 is 2.63 bits per heavy atom. The largest absolute Gasteiger partial charge is 0.508 e. The number of aromatic hydroxyl groups is 1. The fraction of sp³-hybridized carbons (Fsp3) is 0.222. The molecule has 2 aromatic heterocycles. The molecule has 0 aliphatic carbocycles. The number of nitrogens with two attached hydrogens (primary N) is 1. The highest BCUT2D eigenvalue weighted by molar-refractivity contribution is 5.92. The third kappa shape index (κ3) is 2.97. The first-order valence-electron chi connectivity index (χ1n) is 8.39. The third-order valence-corrected chi connectivity index (χ3v) is 4.60. The van der Waals surface area contributed by atoms with Crippen LogP contribution in [0.4, 0.5) is 5.95 Å². The highest BCUT2D eigenvalue weighted by Gasteiger charge is 2.23. The van der Waals surface area contributed by atoms with Gasteiger partial charge in [-0.25, -0.2) is 9.78 Å². The zero-order valence-corrected chi connectivity index (χ0v) is 14.2. The molecule has 3 heterocycles. The Balaban J connectivity index is 1.97. The van der Waals surface area contributed by atoms with E-state index in [1.54, 1.807) is 12.1 Å². The summed E-state index contributed by atoms with van der Waals surface area (Å²) in [6.07, 6.45) is 3.42. The van der Waals surface area contributed by atoms with E-state index in [9.17, 15) is 19.8 Å². The third-order valence-electron chi connectivity index (χ3n) is 4.60. The van der Waals surface area contributed by atoms with Crippen molar-refractivity contribution < 1.29 is 15.0 Å². The number of rotatable bonds is 3. The van der Waals surface area contributed by atoms with Gasteiger partial charge in [-0.2, -0.15) is 4.98 Å². The van der Waals surface area contributed by atoms with E-state index >= 15 is 0 Å². The van der Waals surface area contributed by atoms with E-state index in [0.717, 1.165) is 6.42 Å². The Bertz CT molecular complexity index is 1090. The number of fused-ring (bicyclic) bond motifs is 1. The van der Waals surface area contributed by atoms with E-state index in [1.165, 1.54) is 29.1 Å². The Morgan fingerprint density at radius 2 is 2.00 bits per heavy atom. The van der Waals surface area contributed by atoms with Crippen LogP contribution in [-0.4, -0.2) is 49.8 Å². The van der Waals surface area contributed by atoms with Crippen LogP contribution in [0.25, 0.3) is 16.7 Å². The van der Waals surface area contributed by atoms with Crippen LogP contribution in [0, 0.1) is 0 Å². The van der Waals surface area contributed by atoms with E-state index < -0.39 is 11.4 Å². The van der Waals surface area contributed by atoms with Crippen molar-refractivity contribution in [3.8, 4) is 11.4 Å². The molecule has 1 aliphatic heterocycles. The number of pyridine rings is 1. The number of carbonyl (C=O) groups is 1. The van der Waals surface area contributed by atoms with Gasteiger partial charge in [0, 0.05) is 37.2 Å².